The fraction of sp³-hybridized carbons (Fsp3) is 0.389. The van der Waals surface area contributed by atoms with Crippen LogP contribution in [0.25, 0.3) is 0 Å². The van der Waals surface area contributed by atoms with Crippen LogP contribution >= 0.6 is 11.6 Å². The topological polar surface area (TPSA) is 70.5 Å². The Hall–Kier alpha value is -2.38. The Labute approximate surface area is 157 Å². The standard InChI is InChI=1S/C18H22ClN5O2/c1-13-10-16(22(2)21-13)20-17(25)12-23-6-8-24(9-7-23)18(26)14-4-3-5-15(19)11-14/h3-5,10-11H,6-9,12H2,1-2H3,(H,20,25). The lowest BCUT2D eigenvalue weighted by molar-refractivity contribution is -0.117. The summed E-state index contributed by atoms with van der Waals surface area (Å²) >= 11 is 5.96. The van der Waals surface area contributed by atoms with Gasteiger partial charge in [-0.15, -0.1) is 0 Å². The fourth-order valence-electron chi connectivity index (χ4n) is 3.03. The van der Waals surface area contributed by atoms with Gasteiger partial charge in [0, 0.05) is 49.9 Å². The molecule has 2 aromatic rings. The van der Waals surface area contributed by atoms with Crippen LogP contribution in [-0.4, -0.2) is 64.1 Å². The van der Waals surface area contributed by atoms with Gasteiger partial charge in [-0.2, -0.15) is 5.10 Å². The molecule has 1 aliphatic heterocycles. The molecule has 7 nitrogen and oxygen atoms in total. The first-order valence-corrected chi connectivity index (χ1v) is 8.88. The molecule has 0 unspecified atom stereocenters. The lowest BCUT2D eigenvalue weighted by Gasteiger charge is -2.34. The van der Waals surface area contributed by atoms with Crippen LogP contribution in [0.1, 0.15) is 16.1 Å². The van der Waals surface area contributed by atoms with Gasteiger partial charge in [-0.3, -0.25) is 19.2 Å². The lowest BCUT2D eigenvalue weighted by Crippen LogP contribution is -2.50. The van der Waals surface area contributed by atoms with Crippen LogP contribution in [0.15, 0.2) is 30.3 Å². The van der Waals surface area contributed by atoms with Crippen molar-refractivity contribution in [3.63, 3.8) is 0 Å². The van der Waals surface area contributed by atoms with Crippen LogP contribution in [0.2, 0.25) is 5.02 Å². The maximum absolute atomic E-state index is 12.5. The minimum Gasteiger partial charge on any atom is -0.336 e. The van der Waals surface area contributed by atoms with Crippen molar-refractivity contribution < 1.29 is 9.59 Å². The van der Waals surface area contributed by atoms with E-state index in [-0.39, 0.29) is 11.8 Å². The molecule has 1 aromatic heterocycles. The van der Waals surface area contributed by atoms with Gasteiger partial charge in [0.1, 0.15) is 5.82 Å². The van der Waals surface area contributed by atoms with E-state index in [0.29, 0.717) is 49.1 Å². The zero-order chi connectivity index (χ0) is 18.7. The Bertz CT molecular complexity index is 812. The van der Waals surface area contributed by atoms with Crippen molar-refractivity contribution in [2.45, 2.75) is 6.92 Å². The highest BCUT2D eigenvalue weighted by atomic mass is 35.5. The van der Waals surface area contributed by atoms with Crippen molar-refractivity contribution in [2.75, 3.05) is 38.0 Å². The minimum atomic E-state index is -0.0809. The van der Waals surface area contributed by atoms with Crippen LogP contribution in [0.3, 0.4) is 0 Å². The number of hydrogen-bond donors (Lipinski definition) is 1. The van der Waals surface area contributed by atoms with Crippen LogP contribution < -0.4 is 5.32 Å². The Balaban J connectivity index is 1.50. The number of carbonyl (C=O) groups excluding carboxylic acids is 2. The number of aromatic nitrogens is 2. The van der Waals surface area contributed by atoms with Gasteiger partial charge in [0.2, 0.25) is 5.91 Å². The van der Waals surface area contributed by atoms with E-state index in [2.05, 4.69) is 10.4 Å². The van der Waals surface area contributed by atoms with Gasteiger partial charge in [0.25, 0.3) is 5.91 Å². The van der Waals surface area contributed by atoms with Crippen LogP contribution in [-0.2, 0) is 11.8 Å². The molecule has 1 N–H and O–H groups in total. The first-order valence-electron chi connectivity index (χ1n) is 8.50. The molecule has 1 fully saturated rings. The molecule has 0 radical (unpaired) electrons. The predicted molar refractivity (Wildman–Crippen MR) is 100 cm³/mol. The molecule has 1 aromatic carbocycles. The summed E-state index contributed by atoms with van der Waals surface area (Å²) in [7, 11) is 1.79. The third kappa shape index (κ3) is 4.42. The average Bonchev–Trinajstić information content (AvgIpc) is 2.92. The fourth-order valence-corrected chi connectivity index (χ4v) is 3.22. The summed E-state index contributed by atoms with van der Waals surface area (Å²) in [6.45, 7) is 4.66. The van der Waals surface area contributed by atoms with Crippen LogP contribution in [0.4, 0.5) is 5.82 Å². The van der Waals surface area contributed by atoms with Crippen molar-refractivity contribution in [1.29, 1.82) is 0 Å². The predicted octanol–water partition coefficient (Wildman–Crippen LogP) is 1.78. The minimum absolute atomic E-state index is 0.0260. The smallest absolute Gasteiger partial charge is 0.253 e. The Kier molecular flexibility index (Phi) is 5.58. The summed E-state index contributed by atoms with van der Waals surface area (Å²) in [6.07, 6.45) is 0. The van der Waals surface area contributed by atoms with E-state index in [1.54, 1.807) is 40.9 Å². The van der Waals surface area contributed by atoms with E-state index >= 15 is 0 Å². The highest BCUT2D eigenvalue weighted by molar-refractivity contribution is 6.30. The molecule has 2 amide bonds. The number of benzene rings is 1. The highest BCUT2D eigenvalue weighted by Crippen LogP contribution is 2.14. The maximum atomic E-state index is 12.5. The molecule has 1 saturated heterocycles. The summed E-state index contributed by atoms with van der Waals surface area (Å²) in [5.74, 6) is 0.576. The van der Waals surface area contributed by atoms with Gasteiger partial charge >= 0.3 is 0 Å². The molecule has 26 heavy (non-hydrogen) atoms. The first kappa shape index (κ1) is 18.4. The molecule has 0 spiro atoms. The number of aryl methyl sites for hydroxylation is 2. The monoisotopic (exact) mass is 375 g/mol. The van der Waals surface area contributed by atoms with E-state index in [1.165, 1.54) is 0 Å². The number of amides is 2. The zero-order valence-electron chi connectivity index (χ0n) is 14.9. The maximum Gasteiger partial charge on any atom is 0.253 e. The highest BCUT2D eigenvalue weighted by Gasteiger charge is 2.23. The number of nitrogens with one attached hydrogen (secondary N) is 1. The van der Waals surface area contributed by atoms with Crippen LogP contribution in [0, 0.1) is 6.92 Å². The van der Waals surface area contributed by atoms with Crippen molar-refractivity contribution in [2.24, 2.45) is 7.05 Å². The molecule has 8 heteroatoms. The molecule has 0 saturated carbocycles. The van der Waals surface area contributed by atoms with Gasteiger partial charge in [-0.05, 0) is 25.1 Å². The quantitative estimate of drug-likeness (QED) is 0.884. The third-order valence-electron chi connectivity index (χ3n) is 4.37. The van der Waals surface area contributed by atoms with Crippen molar-refractivity contribution >= 4 is 29.2 Å². The van der Waals surface area contributed by atoms with E-state index in [4.69, 9.17) is 11.6 Å². The number of piperazine rings is 1. The van der Waals surface area contributed by atoms with Gasteiger partial charge < -0.3 is 10.2 Å². The van der Waals surface area contributed by atoms with Crippen molar-refractivity contribution in [1.82, 2.24) is 19.6 Å². The second kappa shape index (κ2) is 7.88. The Morgan fingerprint density at radius 3 is 2.54 bits per heavy atom. The molecule has 0 aliphatic carbocycles. The van der Waals surface area contributed by atoms with Gasteiger partial charge in [-0.25, -0.2) is 0 Å². The summed E-state index contributed by atoms with van der Waals surface area (Å²) in [5, 5.41) is 7.63. The lowest BCUT2D eigenvalue weighted by atomic mass is 10.2. The SMILES string of the molecule is Cc1cc(NC(=O)CN2CCN(C(=O)c3cccc(Cl)c3)CC2)n(C)n1. The Morgan fingerprint density at radius 1 is 1.19 bits per heavy atom. The second-order valence-electron chi connectivity index (χ2n) is 6.42. The van der Waals surface area contributed by atoms with Gasteiger partial charge in [-0.1, -0.05) is 17.7 Å². The molecular weight excluding hydrogens is 354 g/mol. The number of rotatable bonds is 4. The summed E-state index contributed by atoms with van der Waals surface area (Å²) in [5.41, 5.74) is 1.45. The average molecular weight is 376 g/mol. The molecule has 3 rings (SSSR count). The molecule has 2 heterocycles. The van der Waals surface area contributed by atoms with Gasteiger partial charge in [0.05, 0.1) is 12.2 Å². The van der Waals surface area contributed by atoms with E-state index in [0.717, 1.165) is 5.69 Å². The van der Waals surface area contributed by atoms with Crippen molar-refractivity contribution in [3.05, 3.63) is 46.6 Å². The Morgan fingerprint density at radius 2 is 1.92 bits per heavy atom. The summed E-state index contributed by atoms with van der Waals surface area (Å²) in [4.78, 5) is 28.6. The second-order valence-corrected chi connectivity index (χ2v) is 6.86. The van der Waals surface area contributed by atoms with Crippen molar-refractivity contribution in [3.8, 4) is 0 Å². The van der Waals surface area contributed by atoms with E-state index in [9.17, 15) is 9.59 Å². The van der Waals surface area contributed by atoms with E-state index < -0.39 is 0 Å². The molecule has 0 bridgehead atoms. The van der Waals surface area contributed by atoms with Gasteiger partial charge in [0.15, 0.2) is 0 Å². The first-order chi connectivity index (χ1) is 12.4. The number of anilines is 1. The molecule has 138 valence electrons. The summed E-state index contributed by atoms with van der Waals surface area (Å²) < 4.78 is 1.65. The molecular formula is C18H22ClN5O2. The van der Waals surface area contributed by atoms with E-state index in [1.807, 2.05) is 17.9 Å². The number of hydrogen-bond acceptors (Lipinski definition) is 4. The normalized spacial score (nSPS) is 15.1. The number of halogens is 1. The number of carbonyl (C=O) groups is 2. The molecule has 1 aliphatic rings. The van der Waals surface area contributed by atoms with Crippen LogP contribution in [0.5, 0.6) is 0 Å². The largest absolute Gasteiger partial charge is 0.336 e. The zero-order valence-corrected chi connectivity index (χ0v) is 15.7. The number of nitrogens with zero attached hydrogens (tertiary/aromatic N) is 4. The molecule has 0 atom stereocenters. The third-order valence-corrected chi connectivity index (χ3v) is 4.60. The summed E-state index contributed by atoms with van der Waals surface area (Å²) in [6, 6.07) is 8.80.